The molecule has 0 aliphatic heterocycles. The lowest BCUT2D eigenvalue weighted by Crippen LogP contribution is -2.33. The molecule has 0 amide bonds. The lowest BCUT2D eigenvalue weighted by atomic mass is 10.2. The van der Waals surface area contributed by atoms with Crippen LogP contribution in [0.25, 0.3) is 0 Å². The summed E-state index contributed by atoms with van der Waals surface area (Å²) in [5.41, 5.74) is 5.93. The summed E-state index contributed by atoms with van der Waals surface area (Å²) in [5.74, 6) is 0. The smallest absolute Gasteiger partial charge is 0.0705 e. The zero-order valence-corrected chi connectivity index (χ0v) is 8.10. The lowest BCUT2D eigenvalue weighted by Gasteiger charge is -2.15. The summed E-state index contributed by atoms with van der Waals surface area (Å²) in [6.07, 6.45) is 3.86. The summed E-state index contributed by atoms with van der Waals surface area (Å²) in [6.45, 7) is 3.90. The topological polar surface area (TPSA) is 47.3 Å². The highest BCUT2D eigenvalue weighted by Crippen LogP contribution is 2.34. The van der Waals surface area contributed by atoms with Crippen LogP contribution >= 0.6 is 0 Å². The molecular weight excluding hydrogens is 152 g/mol. The van der Waals surface area contributed by atoms with Crippen LogP contribution < -0.4 is 11.1 Å². The number of methoxy groups -OCH3 is 1. The van der Waals surface area contributed by atoms with E-state index in [1.807, 2.05) is 0 Å². The van der Waals surface area contributed by atoms with Crippen molar-refractivity contribution in [1.82, 2.24) is 5.32 Å². The number of nitrogens with two attached hydrogens (primary N) is 1. The SMILES string of the molecule is COC(CN)CCNC1(C)CC1. The van der Waals surface area contributed by atoms with E-state index in [1.54, 1.807) is 7.11 Å². The zero-order valence-electron chi connectivity index (χ0n) is 8.10. The Balaban J connectivity index is 2.00. The van der Waals surface area contributed by atoms with E-state index in [0.717, 1.165) is 13.0 Å². The van der Waals surface area contributed by atoms with Crippen molar-refractivity contribution < 1.29 is 4.74 Å². The molecule has 1 unspecified atom stereocenters. The molecule has 0 aromatic heterocycles. The van der Waals surface area contributed by atoms with Crippen LogP contribution in [0.2, 0.25) is 0 Å². The van der Waals surface area contributed by atoms with E-state index < -0.39 is 0 Å². The minimum Gasteiger partial charge on any atom is -0.380 e. The van der Waals surface area contributed by atoms with Crippen molar-refractivity contribution in [3.8, 4) is 0 Å². The molecule has 1 rings (SSSR count). The van der Waals surface area contributed by atoms with E-state index in [2.05, 4.69) is 12.2 Å². The first-order valence-electron chi connectivity index (χ1n) is 4.68. The van der Waals surface area contributed by atoms with Crippen molar-refractivity contribution in [2.45, 2.75) is 37.8 Å². The Morgan fingerprint density at radius 2 is 2.25 bits per heavy atom. The van der Waals surface area contributed by atoms with E-state index >= 15 is 0 Å². The summed E-state index contributed by atoms with van der Waals surface area (Å²) in [4.78, 5) is 0. The molecule has 0 bridgehead atoms. The monoisotopic (exact) mass is 172 g/mol. The average molecular weight is 172 g/mol. The summed E-state index contributed by atoms with van der Waals surface area (Å²) in [7, 11) is 1.72. The zero-order chi connectivity index (χ0) is 9.03. The molecule has 0 aromatic carbocycles. The van der Waals surface area contributed by atoms with Gasteiger partial charge in [0.05, 0.1) is 6.10 Å². The van der Waals surface area contributed by atoms with Gasteiger partial charge in [-0.15, -0.1) is 0 Å². The maximum absolute atomic E-state index is 5.50. The van der Waals surface area contributed by atoms with Crippen LogP contribution in [-0.2, 0) is 4.74 Å². The van der Waals surface area contributed by atoms with Gasteiger partial charge < -0.3 is 15.8 Å². The van der Waals surface area contributed by atoms with Crippen LogP contribution in [0.5, 0.6) is 0 Å². The molecule has 0 aromatic rings. The number of nitrogens with one attached hydrogen (secondary N) is 1. The van der Waals surface area contributed by atoms with Crippen molar-refractivity contribution in [2.24, 2.45) is 5.73 Å². The van der Waals surface area contributed by atoms with E-state index in [0.29, 0.717) is 12.1 Å². The summed E-state index contributed by atoms with van der Waals surface area (Å²) < 4.78 is 5.17. The second kappa shape index (κ2) is 4.21. The van der Waals surface area contributed by atoms with Crippen LogP contribution in [0.3, 0.4) is 0 Å². The predicted octanol–water partition coefficient (Wildman–Crippen LogP) is 0.492. The Morgan fingerprint density at radius 1 is 1.58 bits per heavy atom. The highest BCUT2D eigenvalue weighted by Gasteiger charge is 2.36. The van der Waals surface area contributed by atoms with Gasteiger partial charge in [0, 0.05) is 19.2 Å². The van der Waals surface area contributed by atoms with Gasteiger partial charge in [-0.25, -0.2) is 0 Å². The lowest BCUT2D eigenvalue weighted by molar-refractivity contribution is 0.101. The molecule has 3 nitrogen and oxygen atoms in total. The Kier molecular flexibility index (Phi) is 3.50. The van der Waals surface area contributed by atoms with Crippen molar-refractivity contribution in [1.29, 1.82) is 0 Å². The molecule has 1 saturated carbocycles. The van der Waals surface area contributed by atoms with E-state index in [4.69, 9.17) is 10.5 Å². The van der Waals surface area contributed by atoms with Crippen molar-refractivity contribution >= 4 is 0 Å². The van der Waals surface area contributed by atoms with Gasteiger partial charge in [-0.1, -0.05) is 0 Å². The van der Waals surface area contributed by atoms with Crippen LogP contribution in [0.4, 0.5) is 0 Å². The minimum absolute atomic E-state index is 0.222. The van der Waals surface area contributed by atoms with Crippen LogP contribution in [0.15, 0.2) is 0 Å². The average Bonchev–Trinajstić information content (AvgIpc) is 2.78. The van der Waals surface area contributed by atoms with Gasteiger partial charge in [-0.2, -0.15) is 0 Å². The molecule has 1 aliphatic rings. The van der Waals surface area contributed by atoms with Gasteiger partial charge in [0.15, 0.2) is 0 Å². The molecule has 0 heterocycles. The maximum Gasteiger partial charge on any atom is 0.0705 e. The largest absolute Gasteiger partial charge is 0.380 e. The quantitative estimate of drug-likeness (QED) is 0.613. The van der Waals surface area contributed by atoms with Gasteiger partial charge in [-0.3, -0.25) is 0 Å². The molecule has 72 valence electrons. The molecule has 3 N–H and O–H groups in total. The van der Waals surface area contributed by atoms with E-state index in [-0.39, 0.29) is 6.10 Å². The van der Waals surface area contributed by atoms with Crippen LogP contribution in [-0.4, -0.2) is 31.8 Å². The number of hydrogen-bond donors (Lipinski definition) is 2. The molecule has 3 heteroatoms. The standard InChI is InChI=1S/C9H20N2O/c1-9(4-5-9)11-6-3-8(7-10)12-2/h8,11H,3-7,10H2,1-2H3. The molecule has 1 aliphatic carbocycles. The molecule has 1 atom stereocenters. The highest BCUT2D eigenvalue weighted by molar-refractivity contribution is 4.97. The van der Waals surface area contributed by atoms with Crippen molar-refractivity contribution in [3.05, 3.63) is 0 Å². The first kappa shape index (κ1) is 9.96. The first-order chi connectivity index (χ1) is 5.70. The van der Waals surface area contributed by atoms with Crippen LogP contribution in [0.1, 0.15) is 26.2 Å². The molecule has 0 radical (unpaired) electrons. The Morgan fingerprint density at radius 3 is 2.67 bits per heavy atom. The second-order valence-corrected chi connectivity index (χ2v) is 3.87. The summed E-state index contributed by atoms with van der Waals surface area (Å²) >= 11 is 0. The Labute approximate surface area is 74.7 Å². The van der Waals surface area contributed by atoms with Crippen LogP contribution in [0, 0.1) is 0 Å². The second-order valence-electron chi connectivity index (χ2n) is 3.87. The maximum atomic E-state index is 5.50. The first-order valence-corrected chi connectivity index (χ1v) is 4.68. The normalized spacial score (nSPS) is 22.2. The Hall–Kier alpha value is -0.120. The predicted molar refractivity (Wildman–Crippen MR) is 50.1 cm³/mol. The minimum atomic E-state index is 0.222. The molecule has 1 fully saturated rings. The van der Waals surface area contributed by atoms with E-state index in [9.17, 15) is 0 Å². The summed E-state index contributed by atoms with van der Waals surface area (Å²) in [6, 6.07) is 0. The third-order valence-corrected chi connectivity index (χ3v) is 2.61. The Bertz CT molecular complexity index is 130. The number of rotatable bonds is 6. The van der Waals surface area contributed by atoms with Gasteiger partial charge in [0.25, 0.3) is 0 Å². The van der Waals surface area contributed by atoms with Gasteiger partial charge >= 0.3 is 0 Å². The summed E-state index contributed by atoms with van der Waals surface area (Å²) in [5, 5.41) is 3.50. The van der Waals surface area contributed by atoms with Gasteiger partial charge in [0.1, 0.15) is 0 Å². The fourth-order valence-corrected chi connectivity index (χ4v) is 1.23. The molecular formula is C9H20N2O. The third-order valence-electron chi connectivity index (χ3n) is 2.61. The molecule has 0 saturated heterocycles. The van der Waals surface area contributed by atoms with Crippen molar-refractivity contribution in [2.75, 3.05) is 20.2 Å². The van der Waals surface area contributed by atoms with E-state index in [1.165, 1.54) is 12.8 Å². The van der Waals surface area contributed by atoms with Gasteiger partial charge in [0.2, 0.25) is 0 Å². The molecule has 0 spiro atoms. The number of ether oxygens (including phenoxy) is 1. The molecule has 12 heavy (non-hydrogen) atoms. The van der Waals surface area contributed by atoms with Crippen molar-refractivity contribution in [3.63, 3.8) is 0 Å². The fourth-order valence-electron chi connectivity index (χ4n) is 1.23. The highest BCUT2D eigenvalue weighted by atomic mass is 16.5. The van der Waals surface area contributed by atoms with Gasteiger partial charge in [-0.05, 0) is 32.7 Å². The number of hydrogen-bond acceptors (Lipinski definition) is 3. The fraction of sp³-hybridized carbons (Fsp3) is 1.00. The third kappa shape index (κ3) is 3.09.